The van der Waals surface area contributed by atoms with Crippen LogP contribution in [0.1, 0.15) is 120 Å². The van der Waals surface area contributed by atoms with Gasteiger partial charge < -0.3 is 9.16 Å². The maximum absolute atomic E-state index is 11.7. The number of hydrogen-bond acceptors (Lipinski definition) is 3. The van der Waals surface area contributed by atoms with Crippen LogP contribution in [0.5, 0.6) is 0 Å². The SMILES string of the molecule is C=C1/C(=C\C=C2/CCCC3(C)C2CCC3C(C)/C=C/C(OC(C)=O)C2CC2)CC(O[Si](C)(C)C(C)(C)C)CC1[Si](C)(C)C(C)(C)C. The topological polar surface area (TPSA) is 35.5 Å². The molecule has 7 unspecified atom stereocenters. The van der Waals surface area contributed by atoms with Gasteiger partial charge in [-0.3, -0.25) is 4.79 Å². The molecule has 4 fully saturated rings. The van der Waals surface area contributed by atoms with Gasteiger partial charge in [0.2, 0.25) is 0 Å². The number of carbonyl (C=O) groups excluding carboxylic acids is 1. The van der Waals surface area contributed by atoms with Gasteiger partial charge in [-0.05, 0) is 127 Å². The fourth-order valence-corrected chi connectivity index (χ4v) is 13.2. The van der Waals surface area contributed by atoms with Crippen molar-refractivity contribution in [1.29, 1.82) is 0 Å². The van der Waals surface area contributed by atoms with E-state index in [-0.39, 0.29) is 23.2 Å². The molecule has 46 heavy (non-hydrogen) atoms. The molecule has 0 amide bonds. The highest BCUT2D eigenvalue weighted by atomic mass is 28.4. The minimum atomic E-state index is -1.89. The number of esters is 1. The van der Waals surface area contributed by atoms with Crippen LogP contribution >= 0.6 is 0 Å². The fourth-order valence-electron chi connectivity index (χ4n) is 8.88. The summed E-state index contributed by atoms with van der Waals surface area (Å²) in [5, 5.41) is 0.506. The van der Waals surface area contributed by atoms with Crippen LogP contribution in [0.25, 0.3) is 0 Å². The molecule has 4 rings (SSSR count). The number of carbonyl (C=O) groups is 1. The summed E-state index contributed by atoms with van der Waals surface area (Å²) in [6.07, 6.45) is 20.8. The first kappa shape index (κ1) is 37.6. The van der Waals surface area contributed by atoms with Gasteiger partial charge in [0.1, 0.15) is 6.10 Å². The molecule has 3 nitrogen and oxygen atoms in total. The molecule has 4 aliphatic rings. The van der Waals surface area contributed by atoms with Crippen molar-refractivity contribution in [2.75, 3.05) is 0 Å². The van der Waals surface area contributed by atoms with Gasteiger partial charge >= 0.3 is 5.97 Å². The second-order valence-electron chi connectivity index (χ2n) is 19.2. The molecular weight excluding hydrogens is 597 g/mol. The highest BCUT2D eigenvalue weighted by Crippen LogP contribution is 2.60. The molecule has 0 bridgehead atoms. The third-order valence-electron chi connectivity index (χ3n) is 14.0. The first-order chi connectivity index (χ1) is 21.1. The van der Waals surface area contributed by atoms with Crippen LogP contribution in [0.15, 0.2) is 47.6 Å². The Hall–Kier alpha value is -1.18. The Morgan fingerprint density at radius 2 is 1.63 bits per heavy atom. The van der Waals surface area contributed by atoms with E-state index in [0.29, 0.717) is 39.7 Å². The molecule has 0 heterocycles. The Bertz CT molecular complexity index is 1220. The van der Waals surface area contributed by atoms with Gasteiger partial charge in [0.15, 0.2) is 8.32 Å². The molecule has 4 saturated carbocycles. The number of allylic oxidation sites excluding steroid dienone is 5. The predicted octanol–water partition coefficient (Wildman–Crippen LogP) is 12.2. The smallest absolute Gasteiger partial charge is 0.303 e. The lowest BCUT2D eigenvalue weighted by atomic mass is 9.61. The Morgan fingerprint density at radius 1 is 0.978 bits per heavy atom. The van der Waals surface area contributed by atoms with Gasteiger partial charge in [-0.25, -0.2) is 0 Å². The number of hydrogen-bond donors (Lipinski definition) is 0. The third kappa shape index (κ3) is 7.99. The van der Waals surface area contributed by atoms with E-state index in [1.807, 2.05) is 0 Å². The molecule has 7 atom stereocenters. The van der Waals surface area contributed by atoms with Crippen molar-refractivity contribution in [3.05, 3.63) is 47.6 Å². The number of rotatable bonds is 9. The lowest BCUT2D eigenvalue weighted by molar-refractivity contribution is -0.144. The number of fused-ring (bicyclic) bond motifs is 1. The Kier molecular flexibility index (Phi) is 11.1. The van der Waals surface area contributed by atoms with Crippen molar-refractivity contribution in [3.8, 4) is 0 Å². The summed E-state index contributed by atoms with van der Waals surface area (Å²) < 4.78 is 12.9. The molecule has 0 N–H and O–H groups in total. The Labute approximate surface area is 286 Å². The monoisotopic (exact) mass is 666 g/mol. The van der Waals surface area contributed by atoms with Gasteiger partial charge in [0.05, 0.1) is 8.07 Å². The maximum atomic E-state index is 11.7. The lowest BCUT2D eigenvalue weighted by Gasteiger charge is -2.50. The zero-order valence-corrected chi connectivity index (χ0v) is 34.1. The zero-order valence-electron chi connectivity index (χ0n) is 32.1. The highest BCUT2D eigenvalue weighted by Gasteiger charge is 2.51. The molecule has 260 valence electrons. The first-order valence-electron chi connectivity index (χ1n) is 18.7. The molecule has 0 spiro atoms. The zero-order chi connectivity index (χ0) is 34.5. The second kappa shape index (κ2) is 13.6. The molecule has 0 radical (unpaired) electrons. The van der Waals surface area contributed by atoms with Crippen LogP contribution in [0, 0.1) is 29.1 Å². The average Bonchev–Trinajstić information content (AvgIpc) is 3.70. The molecule has 5 heteroatoms. The van der Waals surface area contributed by atoms with E-state index in [4.69, 9.17) is 15.7 Å². The molecule has 0 aromatic heterocycles. The van der Waals surface area contributed by atoms with E-state index < -0.39 is 16.4 Å². The van der Waals surface area contributed by atoms with E-state index in [1.165, 1.54) is 63.0 Å². The van der Waals surface area contributed by atoms with Crippen LogP contribution in [-0.4, -0.2) is 34.6 Å². The van der Waals surface area contributed by atoms with E-state index in [9.17, 15) is 4.79 Å². The quantitative estimate of drug-likeness (QED) is 0.140. The highest BCUT2D eigenvalue weighted by molar-refractivity contribution is 6.82. The van der Waals surface area contributed by atoms with Crippen LogP contribution < -0.4 is 0 Å². The third-order valence-corrected chi connectivity index (χ3v) is 24.7. The molecule has 4 aliphatic carbocycles. The fraction of sp³-hybridized carbons (Fsp3) is 0.780. The predicted molar refractivity (Wildman–Crippen MR) is 202 cm³/mol. The average molecular weight is 667 g/mol. The standard InChI is InChI=1S/C41H70O3Si2/c1-28(17-24-37(32-19-20-32)43-30(3)42)35-22-23-36-31(16-15-25-41(35,36)10)18-21-33-26-34(44-46(13,14)40(7,8)9)27-38(29(33)2)45(11,12)39(4,5)6/h17-18,21,24,28,32,34-38H,2,15-16,19-20,22-23,25-27H2,1,3-14H3/b24-17+,31-18+,33-21-. The molecule has 0 aliphatic heterocycles. The van der Waals surface area contributed by atoms with Gasteiger partial charge in [-0.15, -0.1) is 0 Å². The first-order valence-corrected chi connectivity index (χ1v) is 24.7. The van der Waals surface area contributed by atoms with Crippen molar-refractivity contribution in [2.45, 2.75) is 174 Å². The molecule has 0 aromatic carbocycles. The maximum Gasteiger partial charge on any atom is 0.303 e. The lowest BCUT2D eigenvalue weighted by Crippen LogP contribution is -2.49. The van der Waals surface area contributed by atoms with Gasteiger partial charge in [-0.2, -0.15) is 0 Å². The van der Waals surface area contributed by atoms with Crippen LogP contribution in [0.3, 0.4) is 0 Å². The summed E-state index contributed by atoms with van der Waals surface area (Å²) in [6.45, 7) is 35.8. The van der Waals surface area contributed by atoms with Crippen LogP contribution in [0.2, 0.25) is 41.8 Å². The molecular formula is C41H70O3Si2. The molecule has 0 aromatic rings. The second-order valence-corrected chi connectivity index (χ2v) is 29.6. The van der Waals surface area contributed by atoms with Crippen molar-refractivity contribution < 1.29 is 14.0 Å². The van der Waals surface area contributed by atoms with Crippen molar-refractivity contribution in [1.82, 2.24) is 0 Å². The summed E-state index contributed by atoms with van der Waals surface area (Å²) >= 11 is 0. The summed E-state index contributed by atoms with van der Waals surface area (Å²) in [5.74, 6) is 2.17. The summed E-state index contributed by atoms with van der Waals surface area (Å²) in [4.78, 5) is 11.7. The van der Waals surface area contributed by atoms with Crippen molar-refractivity contribution in [3.63, 3.8) is 0 Å². The van der Waals surface area contributed by atoms with E-state index in [0.717, 1.165) is 12.8 Å². The minimum absolute atomic E-state index is 0.0402. The van der Waals surface area contributed by atoms with E-state index >= 15 is 0 Å². The summed E-state index contributed by atoms with van der Waals surface area (Å²) in [7, 11) is -3.58. The van der Waals surface area contributed by atoms with Crippen molar-refractivity contribution >= 4 is 22.4 Å². The largest absolute Gasteiger partial charge is 0.458 e. The Balaban J connectivity index is 1.58. The van der Waals surface area contributed by atoms with Crippen LogP contribution in [0.4, 0.5) is 0 Å². The van der Waals surface area contributed by atoms with E-state index in [1.54, 1.807) is 5.57 Å². The van der Waals surface area contributed by atoms with E-state index in [2.05, 4.69) is 106 Å². The number of ether oxygens (including phenoxy) is 1. The van der Waals surface area contributed by atoms with Crippen molar-refractivity contribution in [2.24, 2.45) is 29.1 Å². The summed E-state index contributed by atoms with van der Waals surface area (Å²) in [5.41, 5.74) is 5.38. The van der Waals surface area contributed by atoms with Gasteiger partial charge in [0.25, 0.3) is 0 Å². The van der Waals surface area contributed by atoms with Gasteiger partial charge in [-0.1, -0.05) is 104 Å². The van der Waals surface area contributed by atoms with Crippen LogP contribution in [-0.2, 0) is 14.0 Å². The summed E-state index contributed by atoms with van der Waals surface area (Å²) in [6, 6.07) is 0. The minimum Gasteiger partial charge on any atom is -0.458 e. The Morgan fingerprint density at radius 3 is 2.20 bits per heavy atom. The normalized spacial score (nSPS) is 33.0. The van der Waals surface area contributed by atoms with Gasteiger partial charge in [0, 0.05) is 13.0 Å². The molecule has 0 saturated heterocycles.